The molecule has 1 amide bonds. The highest BCUT2D eigenvalue weighted by atomic mass is 16.6. The fourth-order valence-corrected chi connectivity index (χ4v) is 3.79. The number of nitro benzene ring substituents is 1. The first kappa shape index (κ1) is 20.6. The minimum absolute atomic E-state index is 0.0271. The number of ether oxygens (including phenoxy) is 1. The predicted octanol–water partition coefficient (Wildman–Crippen LogP) is 4.15. The summed E-state index contributed by atoms with van der Waals surface area (Å²) in [5, 5.41) is 11.5. The van der Waals surface area contributed by atoms with Crippen molar-refractivity contribution < 1.29 is 18.9 Å². The average molecular weight is 422 g/mol. The maximum atomic E-state index is 12.4. The smallest absolute Gasteiger partial charge is 0.336 e. The van der Waals surface area contributed by atoms with E-state index in [0.29, 0.717) is 27.8 Å². The summed E-state index contributed by atoms with van der Waals surface area (Å²) in [6.07, 6.45) is 4.31. The molecule has 0 unspecified atom stereocenters. The van der Waals surface area contributed by atoms with E-state index in [1.165, 1.54) is 18.2 Å². The molecule has 0 aliphatic carbocycles. The van der Waals surface area contributed by atoms with Crippen molar-refractivity contribution in [2.75, 3.05) is 19.7 Å². The molecule has 2 heterocycles. The summed E-state index contributed by atoms with van der Waals surface area (Å²) in [6.45, 7) is 1.44. The van der Waals surface area contributed by atoms with Crippen LogP contribution in [-0.4, -0.2) is 35.4 Å². The number of hydrogen-bond acceptors (Lipinski definition) is 6. The number of amides is 1. The molecule has 8 heteroatoms. The number of rotatable bonds is 5. The molecular formula is C23H22N2O6. The van der Waals surface area contributed by atoms with Crippen molar-refractivity contribution in [3.8, 4) is 16.9 Å². The third kappa shape index (κ3) is 4.74. The van der Waals surface area contributed by atoms with Crippen molar-refractivity contribution in [2.45, 2.75) is 25.7 Å². The number of nitro groups is 1. The minimum atomic E-state index is -0.543. The van der Waals surface area contributed by atoms with Gasteiger partial charge in [-0.25, -0.2) is 4.79 Å². The number of carbonyl (C=O) groups excluding carboxylic acids is 1. The van der Waals surface area contributed by atoms with Crippen molar-refractivity contribution in [3.63, 3.8) is 0 Å². The SMILES string of the molecule is O=C(COc1ccc2c(-c3ccc([N+](=O)[O-])cc3)cc(=O)oc2c1)N1CCCCCC1. The first-order chi connectivity index (χ1) is 15.0. The van der Waals surface area contributed by atoms with Gasteiger partial charge in [-0.05, 0) is 48.2 Å². The van der Waals surface area contributed by atoms with Gasteiger partial charge in [0, 0.05) is 42.7 Å². The number of hydrogen-bond donors (Lipinski definition) is 0. The van der Waals surface area contributed by atoms with Gasteiger partial charge in [0.05, 0.1) is 4.92 Å². The first-order valence-corrected chi connectivity index (χ1v) is 10.2. The van der Waals surface area contributed by atoms with Gasteiger partial charge in [0.2, 0.25) is 0 Å². The van der Waals surface area contributed by atoms with Crippen LogP contribution in [0.4, 0.5) is 5.69 Å². The zero-order valence-corrected chi connectivity index (χ0v) is 16.9. The molecule has 31 heavy (non-hydrogen) atoms. The van der Waals surface area contributed by atoms with Crippen molar-refractivity contribution >= 4 is 22.6 Å². The third-order valence-electron chi connectivity index (χ3n) is 5.43. The predicted molar refractivity (Wildman–Crippen MR) is 115 cm³/mol. The molecule has 1 fully saturated rings. The molecule has 0 radical (unpaired) electrons. The van der Waals surface area contributed by atoms with Gasteiger partial charge in [-0.2, -0.15) is 0 Å². The highest BCUT2D eigenvalue weighted by molar-refractivity contribution is 5.94. The van der Waals surface area contributed by atoms with Crippen LogP contribution in [0.1, 0.15) is 25.7 Å². The van der Waals surface area contributed by atoms with E-state index in [4.69, 9.17) is 9.15 Å². The van der Waals surface area contributed by atoms with Gasteiger partial charge >= 0.3 is 5.63 Å². The normalized spacial score (nSPS) is 14.3. The quantitative estimate of drug-likeness (QED) is 0.348. The number of non-ortho nitro benzene ring substituents is 1. The van der Waals surface area contributed by atoms with Crippen LogP contribution in [0.2, 0.25) is 0 Å². The van der Waals surface area contributed by atoms with Crippen LogP contribution in [0.5, 0.6) is 5.75 Å². The van der Waals surface area contributed by atoms with E-state index in [2.05, 4.69) is 0 Å². The van der Waals surface area contributed by atoms with Gasteiger partial charge in [-0.3, -0.25) is 14.9 Å². The molecule has 2 aromatic carbocycles. The van der Waals surface area contributed by atoms with E-state index < -0.39 is 10.5 Å². The second-order valence-electron chi connectivity index (χ2n) is 7.52. The van der Waals surface area contributed by atoms with Gasteiger partial charge in [-0.1, -0.05) is 12.8 Å². The molecule has 0 N–H and O–H groups in total. The van der Waals surface area contributed by atoms with Crippen LogP contribution in [0.15, 0.2) is 57.7 Å². The summed E-state index contributed by atoms with van der Waals surface area (Å²) in [6, 6.07) is 12.4. The van der Waals surface area contributed by atoms with Crippen molar-refractivity contribution in [2.24, 2.45) is 0 Å². The van der Waals surface area contributed by atoms with Crippen LogP contribution in [0.3, 0.4) is 0 Å². The number of carbonyl (C=O) groups is 1. The lowest BCUT2D eigenvalue weighted by atomic mass is 10.0. The molecule has 1 aliphatic rings. The van der Waals surface area contributed by atoms with Crippen LogP contribution in [-0.2, 0) is 4.79 Å². The maximum absolute atomic E-state index is 12.4. The molecule has 1 aliphatic heterocycles. The summed E-state index contributed by atoms with van der Waals surface area (Å²) in [7, 11) is 0. The Balaban J connectivity index is 1.56. The molecule has 0 bridgehead atoms. The summed E-state index contributed by atoms with van der Waals surface area (Å²) in [5.74, 6) is 0.378. The first-order valence-electron chi connectivity index (χ1n) is 10.2. The zero-order valence-electron chi connectivity index (χ0n) is 16.9. The molecule has 4 rings (SSSR count). The Labute approximate surface area is 178 Å². The van der Waals surface area contributed by atoms with E-state index in [-0.39, 0.29) is 18.2 Å². The van der Waals surface area contributed by atoms with Crippen molar-refractivity contribution in [1.29, 1.82) is 0 Å². The molecule has 160 valence electrons. The largest absolute Gasteiger partial charge is 0.484 e. The molecular weight excluding hydrogens is 400 g/mol. The lowest BCUT2D eigenvalue weighted by Gasteiger charge is -2.20. The van der Waals surface area contributed by atoms with E-state index in [1.54, 1.807) is 30.3 Å². The Morgan fingerprint density at radius 2 is 1.74 bits per heavy atom. The van der Waals surface area contributed by atoms with Crippen LogP contribution in [0, 0.1) is 10.1 Å². The van der Waals surface area contributed by atoms with E-state index >= 15 is 0 Å². The highest BCUT2D eigenvalue weighted by Gasteiger charge is 2.16. The van der Waals surface area contributed by atoms with E-state index in [9.17, 15) is 19.7 Å². The molecule has 0 atom stereocenters. The highest BCUT2D eigenvalue weighted by Crippen LogP contribution is 2.30. The lowest BCUT2D eigenvalue weighted by molar-refractivity contribution is -0.384. The fourth-order valence-electron chi connectivity index (χ4n) is 3.79. The summed E-state index contributed by atoms with van der Waals surface area (Å²) >= 11 is 0. The topological polar surface area (TPSA) is 103 Å². The fraction of sp³-hybridized carbons (Fsp3) is 0.304. The lowest BCUT2D eigenvalue weighted by Crippen LogP contribution is -2.35. The molecule has 0 spiro atoms. The Morgan fingerprint density at radius 3 is 2.42 bits per heavy atom. The van der Waals surface area contributed by atoms with Gasteiger partial charge in [-0.15, -0.1) is 0 Å². The minimum Gasteiger partial charge on any atom is -0.484 e. The monoisotopic (exact) mass is 422 g/mol. The van der Waals surface area contributed by atoms with Crippen LogP contribution in [0.25, 0.3) is 22.1 Å². The number of fused-ring (bicyclic) bond motifs is 1. The van der Waals surface area contributed by atoms with E-state index in [1.807, 2.05) is 4.90 Å². The van der Waals surface area contributed by atoms with Gasteiger partial charge in [0.15, 0.2) is 6.61 Å². The molecule has 8 nitrogen and oxygen atoms in total. The summed E-state index contributed by atoms with van der Waals surface area (Å²) in [5.41, 5.74) is 1.02. The third-order valence-corrected chi connectivity index (χ3v) is 5.43. The van der Waals surface area contributed by atoms with Crippen LogP contribution < -0.4 is 10.4 Å². The molecule has 3 aromatic rings. The summed E-state index contributed by atoms with van der Waals surface area (Å²) < 4.78 is 11.0. The standard InChI is InChI=1S/C23H22N2O6/c26-22(24-11-3-1-2-4-12-24)15-30-18-9-10-19-20(14-23(27)31-21(19)13-18)16-5-7-17(8-6-16)25(28)29/h5-10,13-14H,1-4,11-12,15H2. The van der Waals surface area contributed by atoms with E-state index in [0.717, 1.165) is 38.8 Å². The van der Waals surface area contributed by atoms with Gasteiger partial charge < -0.3 is 14.1 Å². The zero-order chi connectivity index (χ0) is 21.8. The van der Waals surface area contributed by atoms with Crippen molar-refractivity contribution in [3.05, 3.63) is 69.1 Å². The Kier molecular flexibility index (Phi) is 5.97. The second-order valence-corrected chi connectivity index (χ2v) is 7.52. The number of benzene rings is 2. The molecule has 1 aromatic heterocycles. The Bertz CT molecular complexity index is 1160. The Hall–Kier alpha value is -3.68. The molecule has 1 saturated heterocycles. The van der Waals surface area contributed by atoms with Gasteiger partial charge in [0.1, 0.15) is 11.3 Å². The van der Waals surface area contributed by atoms with Gasteiger partial charge in [0.25, 0.3) is 11.6 Å². The summed E-state index contributed by atoms with van der Waals surface area (Å²) in [4.78, 5) is 36.8. The molecule has 0 saturated carbocycles. The second kappa shape index (κ2) is 8.99. The number of nitrogens with zero attached hydrogens (tertiary/aromatic N) is 2. The maximum Gasteiger partial charge on any atom is 0.336 e. The Morgan fingerprint density at radius 1 is 1.03 bits per heavy atom. The average Bonchev–Trinajstić information content (AvgIpc) is 3.06. The van der Waals surface area contributed by atoms with Crippen molar-refractivity contribution in [1.82, 2.24) is 4.90 Å². The number of likely N-dealkylation sites (tertiary alicyclic amines) is 1. The van der Waals surface area contributed by atoms with Crippen LogP contribution >= 0.6 is 0 Å².